The number of hydrogen-bond acceptors (Lipinski definition) is 4. The van der Waals surface area contributed by atoms with Crippen LogP contribution in [0.25, 0.3) is 0 Å². The maximum absolute atomic E-state index is 12.4. The van der Waals surface area contributed by atoms with Gasteiger partial charge in [0.1, 0.15) is 0 Å². The number of aromatic nitrogens is 4. The summed E-state index contributed by atoms with van der Waals surface area (Å²) in [4.78, 5) is 12.4. The number of rotatable bonds is 3. The second-order valence-corrected chi connectivity index (χ2v) is 6.76. The number of nitriles is 1. The van der Waals surface area contributed by atoms with Crippen molar-refractivity contribution in [3.8, 4) is 6.07 Å². The second kappa shape index (κ2) is 4.44. The highest BCUT2D eigenvalue weighted by Gasteiger charge is 2.50. The lowest BCUT2D eigenvalue weighted by Crippen LogP contribution is -2.48. The fraction of sp³-hybridized carbons (Fsp3) is 0.857. The van der Waals surface area contributed by atoms with Crippen molar-refractivity contribution in [3.05, 3.63) is 10.5 Å². The SMILES string of the molecule is N#CCCn1nnn(C2C3CC4CC(C3)CC2C4)c1=O. The van der Waals surface area contributed by atoms with Crippen molar-refractivity contribution in [2.45, 2.75) is 51.1 Å². The normalized spacial score (nSPS) is 38.0. The summed E-state index contributed by atoms with van der Waals surface area (Å²) in [5.41, 5.74) is -0.127. The Labute approximate surface area is 117 Å². The molecule has 1 aromatic heterocycles. The van der Waals surface area contributed by atoms with Crippen LogP contribution in [-0.2, 0) is 6.54 Å². The smallest absolute Gasteiger partial charge is 0.244 e. The van der Waals surface area contributed by atoms with E-state index in [2.05, 4.69) is 10.4 Å². The average Bonchev–Trinajstić information content (AvgIpc) is 2.77. The minimum Gasteiger partial charge on any atom is -0.244 e. The monoisotopic (exact) mass is 273 g/mol. The molecule has 0 aromatic carbocycles. The Balaban J connectivity index is 1.63. The second-order valence-electron chi connectivity index (χ2n) is 6.76. The van der Waals surface area contributed by atoms with Crippen LogP contribution in [0.5, 0.6) is 0 Å². The van der Waals surface area contributed by atoms with Crippen LogP contribution in [0.1, 0.15) is 44.6 Å². The van der Waals surface area contributed by atoms with Crippen LogP contribution >= 0.6 is 0 Å². The molecular weight excluding hydrogens is 254 g/mol. The van der Waals surface area contributed by atoms with Gasteiger partial charge in [0.2, 0.25) is 0 Å². The average molecular weight is 273 g/mol. The Morgan fingerprint density at radius 2 is 1.75 bits per heavy atom. The zero-order valence-corrected chi connectivity index (χ0v) is 11.5. The molecule has 0 aliphatic heterocycles. The van der Waals surface area contributed by atoms with Gasteiger partial charge in [0.05, 0.1) is 25.1 Å². The lowest BCUT2D eigenvalue weighted by molar-refractivity contribution is -0.0356. The molecule has 4 saturated carbocycles. The van der Waals surface area contributed by atoms with E-state index in [0.29, 0.717) is 24.8 Å². The fourth-order valence-corrected chi connectivity index (χ4v) is 5.07. The molecule has 4 aliphatic rings. The van der Waals surface area contributed by atoms with E-state index in [1.165, 1.54) is 36.8 Å². The van der Waals surface area contributed by atoms with Gasteiger partial charge in [0, 0.05) is 0 Å². The van der Waals surface area contributed by atoms with Crippen LogP contribution in [0.15, 0.2) is 4.79 Å². The Morgan fingerprint density at radius 3 is 2.35 bits per heavy atom. The fourth-order valence-electron chi connectivity index (χ4n) is 5.07. The zero-order chi connectivity index (χ0) is 13.7. The molecule has 0 saturated heterocycles. The van der Waals surface area contributed by atoms with E-state index in [1.807, 2.05) is 6.07 Å². The van der Waals surface area contributed by atoms with Crippen LogP contribution < -0.4 is 5.69 Å². The van der Waals surface area contributed by atoms with Crippen molar-refractivity contribution in [3.63, 3.8) is 0 Å². The Bertz CT molecular complexity index is 582. The third-order valence-electron chi connectivity index (χ3n) is 5.56. The van der Waals surface area contributed by atoms with Crippen LogP contribution in [-0.4, -0.2) is 19.8 Å². The van der Waals surface area contributed by atoms with Crippen molar-refractivity contribution in [1.82, 2.24) is 19.8 Å². The molecule has 1 aromatic rings. The van der Waals surface area contributed by atoms with Crippen LogP contribution in [0.4, 0.5) is 0 Å². The highest BCUT2D eigenvalue weighted by molar-refractivity contribution is 5.00. The summed E-state index contributed by atoms with van der Waals surface area (Å²) >= 11 is 0. The Hall–Kier alpha value is -1.64. The molecule has 5 rings (SSSR count). The Morgan fingerprint density at radius 1 is 1.10 bits per heavy atom. The maximum Gasteiger partial charge on any atom is 0.363 e. The molecule has 1 heterocycles. The quantitative estimate of drug-likeness (QED) is 0.833. The molecule has 4 bridgehead atoms. The predicted octanol–water partition coefficient (Wildman–Crippen LogP) is 1.35. The molecule has 0 amide bonds. The van der Waals surface area contributed by atoms with E-state index in [1.54, 1.807) is 4.68 Å². The molecule has 0 radical (unpaired) electrons. The molecule has 106 valence electrons. The van der Waals surface area contributed by atoms with Gasteiger partial charge in [0.25, 0.3) is 0 Å². The number of hydrogen-bond donors (Lipinski definition) is 0. The van der Waals surface area contributed by atoms with Crippen molar-refractivity contribution in [2.75, 3.05) is 0 Å². The van der Waals surface area contributed by atoms with Gasteiger partial charge in [-0.25, -0.2) is 4.79 Å². The number of nitrogens with zero attached hydrogens (tertiary/aromatic N) is 5. The first-order valence-corrected chi connectivity index (χ1v) is 7.65. The highest BCUT2D eigenvalue weighted by atomic mass is 16.2. The summed E-state index contributed by atoms with van der Waals surface area (Å²) in [6.07, 6.45) is 6.75. The summed E-state index contributed by atoms with van der Waals surface area (Å²) in [5, 5.41) is 16.7. The maximum atomic E-state index is 12.4. The van der Waals surface area contributed by atoms with Crippen molar-refractivity contribution in [1.29, 1.82) is 5.26 Å². The van der Waals surface area contributed by atoms with E-state index >= 15 is 0 Å². The summed E-state index contributed by atoms with van der Waals surface area (Å²) in [6, 6.07) is 2.30. The first kappa shape index (κ1) is 12.1. The molecule has 0 N–H and O–H groups in total. The summed E-state index contributed by atoms with van der Waals surface area (Å²) < 4.78 is 2.97. The van der Waals surface area contributed by atoms with Gasteiger partial charge in [-0.2, -0.15) is 14.6 Å². The van der Waals surface area contributed by atoms with Crippen molar-refractivity contribution < 1.29 is 0 Å². The van der Waals surface area contributed by atoms with Crippen molar-refractivity contribution in [2.24, 2.45) is 23.7 Å². The topological polar surface area (TPSA) is 76.5 Å². The molecule has 4 fully saturated rings. The Kier molecular flexibility index (Phi) is 2.69. The van der Waals surface area contributed by atoms with E-state index in [0.717, 1.165) is 11.8 Å². The molecule has 0 unspecified atom stereocenters. The van der Waals surface area contributed by atoms with Crippen molar-refractivity contribution >= 4 is 0 Å². The van der Waals surface area contributed by atoms with Gasteiger partial charge in [-0.1, -0.05) is 0 Å². The molecule has 4 aliphatic carbocycles. The molecule has 6 nitrogen and oxygen atoms in total. The van der Waals surface area contributed by atoms with Gasteiger partial charge in [-0.3, -0.25) is 0 Å². The first-order chi connectivity index (χ1) is 9.76. The lowest BCUT2D eigenvalue weighted by Gasteiger charge is -2.53. The molecular formula is C14H19N5O. The largest absolute Gasteiger partial charge is 0.363 e. The van der Waals surface area contributed by atoms with Gasteiger partial charge in [-0.15, -0.1) is 0 Å². The van der Waals surface area contributed by atoms with Crippen LogP contribution in [0, 0.1) is 35.0 Å². The zero-order valence-electron chi connectivity index (χ0n) is 11.5. The summed E-state index contributed by atoms with van der Waals surface area (Å²) in [5.74, 6) is 3.01. The van der Waals surface area contributed by atoms with Crippen LogP contribution in [0.3, 0.4) is 0 Å². The minimum absolute atomic E-state index is 0.127. The van der Waals surface area contributed by atoms with E-state index in [4.69, 9.17) is 5.26 Å². The number of tetrazole rings is 1. The number of aryl methyl sites for hydroxylation is 1. The summed E-state index contributed by atoms with van der Waals surface area (Å²) in [7, 11) is 0. The highest BCUT2D eigenvalue weighted by Crippen LogP contribution is 2.57. The van der Waals surface area contributed by atoms with E-state index in [-0.39, 0.29) is 11.7 Å². The third kappa shape index (κ3) is 1.72. The van der Waals surface area contributed by atoms with Gasteiger partial charge >= 0.3 is 5.69 Å². The molecule has 0 atom stereocenters. The van der Waals surface area contributed by atoms with E-state index < -0.39 is 0 Å². The first-order valence-electron chi connectivity index (χ1n) is 7.65. The molecule has 0 spiro atoms. The molecule has 6 heteroatoms. The third-order valence-corrected chi connectivity index (χ3v) is 5.56. The van der Waals surface area contributed by atoms with Gasteiger partial charge in [0.15, 0.2) is 0 Å². The predicted molar refractivity (Wildman–Crippen MR) is 70.6 cm³/mol. The lowest BCUT2D eigenvalue weighted by atomic mass is 9.54. The summed E-state index contributed by atoms with van der Waals surface area (Å²) in [6.45, 7) is 0.350. The van der Waals surface area contributed by atoms with Crippen LogP contribution in [0.2, 0.25) is 0 Å². The van der Waals surface area contributed by atoms with E-state index in [9.17, 15) is 4.79 Å². The molecule has 20 heavy (non-hydrogen) atoms. The standard InChI is InChI=1S/C14H19N5O/c15-2-1-3-18-14(20)19(17-16-18)13-11-5-9-4-10(7-11)8-12(13)6-9/h9-13H,1,3-8H2. The van der Waals surface area contributed by atoms with Gasteiger partial charge in [-0.05, 0) is 66.2 Å². The van der Waals surface area contributed by atoms with Gasteiger partial charge < -0.3 is 0 Å². The minimum atomic E-state index is -0.127.